The lowest BCUT2D eigenvalue weighted by atomic mass is 9.88. The summed E-state index contributed by atoms with van der Waals surface area (Å²) in [5.74, 6) is 0.496. The maximum atomic E-state index is 6.36. The third-order valence-corrected chi connectivity index (χ3v) is 3.96. The zero-order valence-corrected chi connectivity index (χ0v) is 10.5. The van der Waals surface area contributed by atoms with E-state index < -0.39 is 0 Å². The third-order valence-electron chi connectivity index (χ3n) is 3.42. The van der Waals surface area contributed by atoms with Gasteiger partial charge >= 0.3 is 0 Å². The minimum Gasteiger partial charge on any atom is -0.377 e. The Kier molecular flexibility index (Phi) is 4.25. The molecule has 0 bridgehead atoms. The Morgan fingerprint density at radius 2 is 2.06 bits per heavy atom. The Morgan fingerprint density at radius 3 is 2.75 bits per heavy atom. The van der Waals surface area contributed by atoms with Crippen molar-refractivity contribution in [1.29, 1.82) is 0 Å². The molecule has 0 aliphatic carbocycles. The first-order valence-corrected chi connectivity index (χ1v) is 6.54. The fourth-order valence-electron chi connectivity index (χ4n) is 2.48. The lowest BCUT2D eigenvalue weighted by molar-refractivity contribution is -0.0241. The SMILES string of the molecule is CC[C@H]1[C@H](Cl)CCO[C@@H]1Cc1ccccc1. The zero-order valence-electron chi connectivity index (χ0n) is 9.73. The van der Waals surface area contributed by atoms with E-state index in [1.165, 1.54) is 5.56 Å². The molecule has 1 aromatic rings. The first kappa shape index (κ1) is 11.9. The van der Waals surface area contributed by atoms with Crippen molar-refractivity contribution < 1.29 is 4.74 Å². The number of hydrogen-bond acceptors (Lipinski definition) is 1. The summed E-state index contributed by atoms with van der Waals surface area (Å²) in [6.07, 6.45) is 3.38. The van der Waals surface area contributed by atoms with Gasteiger partial charge in [0.25, 0.3) is 0 Å². The molecule has 1 aliphatic rings. The molecule has 1 nitrogen and oxygen atoms in total. The predicted octanol–water partition coefficient (Wildman–Crippen LogP) is 3.65. The Hall–Kier alpha value is -0.530. The van der Waals surface area contributed by atoms with Gasteiger partial charge in [-0.25, -0.2) is 0 Å². The molecular formula is C14H19ClO. The number of benzene rings is 1. The molecule has 0 N–H and O–H groups in total. The van der Waals surface area contributed by atoms with E-state index in [-0.39, 0.29) is 5.38 Å². The Labute approximate surface area is 103 Å². The first-order valence-electron chi connectivity index (χ1n) is 6.11. The highest BCUT2D eigenvalue weighted by atomic mass is 35.5. The lowest BCUT2D eigenvalue weighted by Gasteiger charge is -2.34. The minimum absolute atomic E-state index is 0.285. The molecule has 88 valence electrons. The molecule has 2 heteroatoms. The third kappa shape index (κ3) is 2.78. The number of halogens is 1. The van der Waals surface area contributed by atoms with Crippen LogP contribution in [0.15, 0.2) is 30.3 Å². The van der Waals surface area contributed by atoms with Gasteiger partial charge in [-0.05, 0) is 24.8 Å². The molecule has 16 heavy (non-hydrogen) atoms. The summed E-state index contributed by atoms with van der Waals surface area (Å²) in [6, 6.07) is 10.5. The minimum atomic E-state index is 0.285. The summed E-state index contributed by atoms with van der Waals surface area (Å²) in [4.78, 5) is 0. The van der Waals surface area contributed by atoms with Gasteiger partial charge in [-0.2, -0.15) is 0 Å². The van der Waals surface area contributed by atoms with Crippen molar-refractivity contribution in [2.75, 3.05) is 6.61 Å². The smallest absolute Gasteiger partial charge is 0.0657 e. The molecule has 1 aliphatic heterocycles. The van der Waals surface area contributed by atoms with E-state index in [1.54, 1.807) is 0 Å². The summed E-state index contributed by atoms with van der Waals surface area (Å²) in [7, 11) is 0. The summed E-state index contributed by atoms with van der Waals surface area (Å²) in [5, 5.41) is 0.285. The van der Waals surface area contributed by atoms with E-state index in [0.717, 1.165) is 25.9 Å². The topological polar surface area (TPSA) is 9.23 Å². The van der Waals surface area contributed by atoms with Crippen LogP contribution >= 0.6 is 11.6 Å². The van der Waals surface area contributed by atoms with Crippen molar-refractivity contribution >= 4 is 11.6 Å². The maximum Gasteiger partial charge on any atom is 0.0657 e. The lowest BCUT2D eigenvalue weighted by Crippen LogP contribution is -2.38. The molecule has 3 atom stereocenters. The van der Waals surface area contributed by atoms with Gasteiger partial charge < -0.3 is 4.74 Å². The van der Waals surface area contributed by atoms with Crippen molar-refractivity contribution in [1.82, 2.24) is 0 Å². The average Bonchev–Trinajstić information content (AvgIpc) is 2.31. The van der Waals surface area contributed by atoms with Crippen LogP contribution in [-0.2, 0) is 11.2 Å². The van der Waals surface area contributed by atoms with Crippen LogP contribution in [0.2, 0.25) is 0 Å². The van der Waals surface area contributed by atoms with E-state index in [1.807, 2.05) is 6.07 Å². The van der Waals surface area contributed by atoms with E-state index in [0.29, 0.717) is 12.0 Å². The van der Waals surface area contributed by atoms with Crippen LogP contribution in [0.3, 0.4) is 0 Å². The fourth-order valence-corrected chi connectivity index (χ4v) is 2.91. The molecule has 0 radical (unpaired) electrons. The Morgan fingerprint density at radius 1 is 1.31 bits per heavy atom. The molecule has 1 aromatic carbocycles. The van der Waals surface area contributed by atoms with Crippen molar-refractivity contribution in [3.05, 3.63) is 35.9 Å². The quantitative estimate of drug-likeness (QED) is 0.731. The highest BCUT2D eigenvalue weighted by molar-refractivity contribution is 6.20. The van der Waals surface area contributed by atoms with Crippen LogP contribution in [0.25, 0.3) is 0 Å². The molecule has 0 amide bonds. The van der Waals surface area contributed by atoms with Gasteiger partial charge in [0.05, 0.1) is 6.10 Å². The van der Waals surface area contributed by atoms with E-state index in [9.17, 15) is 0 Å². The Balaban J connectivity index is 2.02. The molecule has 0 unspecified atom stereocenters. The van der Waals surface area contributed by atoms with Crippen LogP contribution in [-0.4, -0.2) is 18.1 Å². The van der Waals surface area contributed by atoms with Crippen molar-refractivity contribution in [3.8, 4) is 0 Å². The van der Waals surface area contributed by atoms with Crippen molar-refractivity contribution in [3.63, 3.8) is 0 Å². The summed E-state index contributed by atoms with van der Waals surface area (Å²) in [6.45, 7) is 3.01. The number of ether oxygens (including phenoxy) is 1. The van der Waals surface area contributed by atoms with Gasteiger partial charge in [-0.1, -0.05) is 37.3 Å². The second kappa shape index (κ2) is 5.70. The Bertz CT molecular complexity index is 312. The van der Waals surface area contributed by atoms with Crippen LogP contribution in [0, 0.1) is 5.92 Å². The second-order valence-corrected chi connectivity index (χ2v) is 5.04. The van der Waals surface area contributed by atoms with Gasteiger partial charge in [0.1, 0.15) is 0 Å². The highest BCUT2D eigenvalue weighted by Crippen LogP contribution is 2.30. The molecule has 0 saturated carbocycles. The molecule has 2 rings (SSSR count). The summed E-state index contributed by atoms with van der Waals surface area (Å²) >= 11 is 6.36. The summed E-state index contributed by atoms with van der Waals surface area (Å²) in [5.41, 5.74) is 1.34. The predicted molar refractivity (Wildman–Crippen MR) is 67.9 cm³/mol. The molecule has 0 spiro atoms. The normalized spacial score (nSPS) is 30.2. The largest absolute Gasteiger partial charge is 0.377 e. The van der Waals surface area contributed by atoms with Crippen molar-refractivity contribution in [2.24, 2.45) is 5.92 Å². The molecule has 1 heterocycles. The van der Waals surface area contributed by atoms with E-state index in [2.05, 4.69) is 31.2 Å². The zero-order chi connectivity index (χ0) is 11.4. The first-order chi connectivity index (χ1) is 7.81. The monoisotopic (exact) mass is 238 g/mol. The molecule has 1 saturated heterocycles. The van der Waals surface area contributed by atoms with Crippen LogP contribution in [0.5, 0.6) is 0 Å². The standard InChI is InChI=1S/C14H19ClO/c1-2-12-13(15)8-9-16-14(12)10-11-6-4-3-5-7-11/h3-7,12-14H,2,8-10H2,1H3/t12-,13+,14+/m0/s1. The number of rotatable bonds is 3. The van der Waals surface area contributed by atoms with Crippen molar-refractivity contribution in [2.45, 2.75) is 37.7 Å². The second-order valence-electron chi connectivity index (χ2n) is 4.48. The van der Waals surface area contributed by atoms with E-state index in [4.69, 9.17) is 16.3 Å². The fraction of sp³-hybridized carbons (Fsp3) is 0.571. The molecule has 0 aromatic heterocycles. The number of hydrogen-bond donors (Lipinski definition) is 0. The maximum absolute atomic E-state index is 6.36. The highest BCUT2D eigenvalue weighted by Gasteiger charge is 2.31. The van der Waals surface area contributed by atoms with E-state index >= 15 is 0 Å². The number of alkyl halides is 1. The van der Waals surface area contributed by atoms with Crippen LogP contribution in [0.4, 0.5) is 0 Å². The van der Waals surface area contributed by atoms with Gasteiger partial charge in [0.15, 0.2) is 0 Å². The van der Waals surface area contributed by atoms with Gasteiger partial charge in [0.2, 0.25) is 0 Å². The molecule has 1 fully saturated rings. The molecular weight excluding hydrogens is 220 g/mol. The van der Waals surface area contributed by atoms with Crippen LogP contribution in [0.1, 0.15) is 25.3 Å². The van der Waals surface area contributed by atoms with Gasteiger partial charge in [-0.15, -0.1) is 11.6 Å². The van der Waals surface area contributed by atoms with Gasteiger partial charge in [-0.3, -0.25) is 0 Å². The summed E-state index contributed by atoms with van der Waals surface area (Å²) < 4.78 is 5.87. The van der Waals surface area contributed by atoms with Crippen LogP contribution < -0.4 is 0 Å². The average molecular weight is 239 g/mol. The van der Waals surface area contributed by atoms with Gasteiger partial charge in [0, 0.05) is 17.9 Å².